The number of rotatable bonds is 7. The van der Waals surface area contributed by atoms with Gasteiger partial charge in [0.25, 0.3) is 5.91 Å². The van der Waals surface area contributed by atoms with Gasteiger partial charge in [-0.05, 0) is 17.6 Å². The van der Waals surface area contributed by atoms with Gasteiger partial charge in [0.15, 0.2) is 0 Å². The summed E-state index contributed by atoms with van der Waals surface area (Å²) in [6.07, 6.45) is 2.95. The van der Waals surface area contributed by atoms with Crippen LogP contribution in [0.1, 0.15) is 12.8 Å². The van der Waals surface area contributed by atoms with Crippen molar-refractivity contribution in [2.24, 2.45) is 5.73 Å². The zero-order chi connectivity index (χ0) is 16.0. The number of hydrogen-bond acceptors (Lipinski definition) is 4. The van der Waals surface area contributed by atoms with Gasteiger partial charge in [-0.3, -0.25) is 9.59 Å². The van der Waals surface area contributed by atoms with Gasteiger partial charge in [-0.1, -0.05) is 19.2 Å². The van der Waals surface area contributed by atoms with E-state index in [0.29, 0.717) is 16.7 Å². The van der Waals surface area contributed by atoms with E-state index in [1.807, 2.05) is 0 Å². The molecule has 0 radical (unpaired) electrons. The van der Waals surface area contributed by atoms with Crippen molar-refractivity contribution in [1.82, 2.24) is 10.2 Å². The predicted octanol–water partition coefficient (Wildman–Crippen LogP) is -0.0802. The van der Waals surface area contributed by atoms with E-state index in [-0.39, 0.29) is 37.7 Å². The molecule has 6 nitrogen and oxygen atoms in total. The minimum atomic E-state index is -0.679. The van der Waals surface area contributed by atoms with Gasteiger partial charge < -0.3 is 20.7 Å². The highest BCUT2D eigenvalue weighted by Gasteiger charge is 2.36. The second kappa shape index (κ2) is 7.54. The normalized spacial score (nSPS) is 18.0. The first-order chi connectivity index (χ1) is 9.96. The molecule has 1 aliphatic heterocycles. The Labute approximate surface area is 124 Å². The fraction of sp³-hybridized carbons (Fsp3) is 0.400. The van der Waals surface area contributed by atoms with Crippen LogP contribution in [-0.2, 0) is 14.4 Å². The zero-order valence-corrected chi connectivity index (χ0v) is 12.2. The highest BCUT2D eigenvalue weighted by atomic mass is 16.2. The molecule has 0 spiro atoms. The molecule has 1 fully saturated rings. The predicted molar refractivity (Wildman–Crippen MR) is 80.3 cm³/mol. The Morgan fingerprint density at radius 2 is 2.24 bits per heavy atom. The number of nitrogens with two attached hydrogens (primary N) is 1. The van der Waals surface area contributed by atoms with E-state index < -0.39 is 6.04 Å². The molecule has 0 aliphatic carbocycles. The topological polar surface area (TPSA) is 92.5 Å². The molecule has 0 aromatic heterocycles. The molecule has 21 heavy (non-hydrogen) atoms. The molecule has 1 atom stereocenters. The standard InChI is InChI=1S/C15H21N3O3/c1-10(8-16)7-12-9-18(15(21)11(12)2)13(5-4-6-19)14(20)17-3/h6-7,13H,1-2,4-5,8-9,16H2,3H3,(H,17,20)/b12-7-. The summed E-state index contributed by atoms with van der Waals surface area (Å²) < 4.78 is 0. The Kier molecular flexibility index (Phi) is 6.05. The van der Waals surface area contributed by atoms with Gasteiger partial charge in [-0.2, -0.15) is 0 Å². The van der Waals surface area contributed by atoms with Gasteiger partial charge in [0.2, 0.25) is 5.91 Å². The zero-order valence-electron chi connectivity index (χ0n) is 12.2. The van der Waals surface area contributed by atoms with E-state index in [9.17, 15) is 14.4 Å². The van der Waals surface area contributed by atoms with E-state index >= 15 is 0 Å². The van der Waals surface area contributed by atoms with Crippen molar-refractivity contribution >= 4 is 18.1 Å². The molecule has 1 heterocycles. The first kappa shape index (κ1) is 16.8. The van der Waals surface area contributed by atoms with Crippen LogP contribution in [0.3, 0.4) is 0 Å². The van der Waals surface area contributed by atoms with E-state index in [1.165, 1.54) is 11.9 Å². The molecule has 3 N–H and O–H groups in total. The van der Waals surface area contributed by atoms with Crippen LogP contribution < -0.4 is 11.1 Å². The minimum absolute atomic E-state index is 0.211. The van der Waals surface area contributed by atoms with Gasteiger partial charge in [0.1, 0.15) is 12.3 Å². The summed E-state index contributed by atoms with van der Waals surface area (Å²) >= 11 is 0. The molecule has 0 aromatic carbocycles. The van der Waals surface area contributed by atoms with E-state index in [4.69, 9.17) is 5.73 Å². The van der Waals surface area contributed by atoms with Crippen molar-refractivity contribution in [2.75, 3.05) is 20.1 Å². The van der Waals surface area contributed by atoms with Gasteiger partial charge in [0.05, 0.1) is 0 Å². The summed E-state index contributed by atoms with van der Waals surface area (Å²) in [5.74, 6) is -0.595. The van der Waals surface area contributed by atoms with Crippen LogP contribution in [0, 0.1) is 0 Å². The van der Waals surface area contributed by atoms with Crippen LogP contribution in [0.5, 0.6) is 0 Å². The number of nitrogens with zero attached hydrogens (tertiary/aromatic N) is 1. The van der Waals surface area contributed by atoms with Gasteiger partial charge in [0, 0.05) is 32.1 Å². The lowest BCUT2D eigenvalue weighted by atomic mass is 10.1. The number of carbonyl (C=O) groups excluding carboxylic acids is 3. The summed E-state index contributed by atoms with van der Waals surface area (Å²) in [5, 5.41) is 2.52. The van der Waals surface area contributed by atoms with E-state index in [0.717, 1.165) is 6.29 Å². The third kappa shape index (κ3) is 3.88. The second-order valence-corrected chi connectivity index (χ2v) is 4.82. The second-order valence-electron chi connectivity index (χ2n) is 4.82. The molecule has 1 aliphatic rings. The first-order valence-electron chi connectivity index (χ1n) is 6.70. The maximum absolute atomic E-state index is 12.3. The Morgan fingerprint density at radius 3 is 2.76 bits per heavy atom. The van der Waals surface area contributed by atoms with Crippen LogP contribution in [-0.4, -0.2) is 49.2 Å². The fourth-order valence-electron chi connectivity index (χ4n) is 2.17. The molecule has 1 unspecified atom stereocenters. The number of nitrogens with one attached hydrogen (secondary N) is 1. The molecule has 2 amide bonds. The summed E-state index contributed by atoms with van der Waals surface area (Å²) in [6, 6.07) is -0.679. The monoisotopic (exact) mass is 291 g/mol. The largest absolute Gasteiger partial charge is 0.357 e. The molecule has 1 saturated heterocycles. The highest BCUT2D eigenvalue weighted by molar-refractivity contribution is 6.03. The molecular weight excluding hydrogens is 270 g/mol. The van der Waals surface area contributed by atoms with Crippen LogP contribution in [0.4, 0.5) is 0 Å². The fourth-order valence-corrected chi connectivity index (χ4v) is 2.17. The van der Waals surface area contributed by atoms with Gasteiger partial charge in [-0.25, -0.2) is 0 Å². The molecule has 0 bridgehead atoms. The average Bonchev–Trinajstić information content (AvgIpc) is 2.75. The molecule has 6 heteroatoms. The summed E-state index contributed by atoms with van der Waals surface area (Å²) in [6.45, 7) is 8.09. The number of aldehydes is 1. The molecular formula is C15H21N3O3. The third-order valence-corrected chi connectivity index (χ3v) is 3.37. The van der Waals surface area contributed by atoms with E-state index in [2.05, 4.69) is 18.5 Å². The number of amides is 2. The molecule has 114 valence electrons. The van der Waals surface area contributed by atoms with E-state index in [1.54, 1.807) is 6.08 Å². The maximum Gasteiger partial charge on any atom is 0.254 e. The third-order valence-electron chi connectivity index (χ3n) is 3.37. The van der Waals surface area contributed by atoms with Gasteiger partial charge in [-0.15, -0.1) is 0 Å². The Balaban J connectivity index is 3.00. The number of hydrogen-bond donors (Lipinski definition) is 2. The van der Waals surface area contributed by atoms with Crippen LogP contribution in [0.25, 0.3) is 0 Å². The summed E-state index contributed by atoms with van der Waals surface area (Å²) in [7, 11) is 1.50. The van der Waals surface area contributed by atoms with Crippen LogP contribution >= 0.6 is 0 Å². The quantitative estimate of drug-likeness (QED) is 0.507. The summed E-state index contributed by atoms with van der Waals surface area (Å²) in [4.78, 5) is 36.2. The van der Waals surface area contributed by atoms with Crippen molar-refractivity contribution in [3.63, 3.8) is 0 Å². The highest BCUT2D eigenvalue weighted by Crippen LogP contribution is 2.26. The number of likely N-dealkylation sites (tertiary alicyclic amines) is 1. The lowest BCUT2D eigenvalue weighted by molar-refractivity contribution is -0.136. The van der Waals surface area contributed by atoms with Crippen LogP contribution in [0.15, 0.2) is 36.0 Å². The molecule has 0 saturated carbocycles. The Hall–Kier alpha value is -2.21. The lowest BCUT2D eigenvalue weighted by Crippen LogP contribution is -2.46. The minimum Gasteiger partial charge on any atom is -0.357 e. The molecule has 0 aromatic rings. The van der Waals surface area contributed by atoms with Gasteiger partial charge >= 0.3 is 0 Å². The Morgan fingerprint density at radius 1 is 1.57 bits per heavy atom. The van der Waals surface area contributed by atoms with Crippen molar-refractivity contribution in [1.29, 1.82) is 0 Å². The van der Waals surface area contributed by atoms with Crippen molar-refractivity contribution in [3.8, 4) is 0 Å². The van der Waals surface area contributed by atoms with Crippen molar-refractivity contribution in [2.45, 2.75) is 18.9 Å². The summed E-state index contributed by atoms with van der Waals surface area (Å²) in [5.41, 5.74) is 7.21. The van der Waals surface area contributed by atoms with Crippen molar-refractivity contribution in [3.05, 3.63) is 36.0 Å². The lowest BCUT2D eigenvalue weighted by Gasteiger charge is -2.25. The number of carbonyl (C=O) groups is 3. The maximum atomic E-state index is 12.3. The Bertz CT molecular complexity index is 508. The molecule has 1 rings (SSSR count). The first-order valence-corrected chi connectivity index (χ1v) is 6.70. The number of likely N-dealkylation sites (N-methyl/N-ethyl adjacent to an activating group) is 1. The van der Waals surface area contributed by atoms with Crippen molar-refractivity contribution < 1.29 is 14.4 Å². The smallest absolute Gasteiger partial charge is 0.254 e. The SMILES string of the molecule is C=C(/C=C1/CN(C(CCC=O)C(=O)NC)C(=O)C1=C)CN. The van der Waals surface area contributed by atoms with Crippen LogP contribution in [0.2, 0.25) is 0 Å². The average molecular weight is 291 g/mol.